The largest absolute Gasteiger partial charge is 0.481 e. The zero-order valence-electron chi connectivity index (χ0n) is 15.6. The molecule has 1 aliphatic heterocycles. The van der Waals surface area contributed by atoms with E-state index in [9.17, 15) is 9.59 Å². The van der Waals surface area contributed by atoms with Gasteiger partial charge in [-0.05, 0) is 57.6 Å². The highest BCUT2D eigenvalue weighted by Crippen LogP contribution is 2.31. The van der Waals surface area contributed by atoms with Crippen molar-refractivity contribution in [3.05, 3.63) is 17.8 Å². The van der Waals surface area contributed by atoms with Crippen LogP contribution in [0.25, 0.3) is 0 Å². The van der Waals surface area contributed by atoms with E-state index in [1.54, 1.807) is 0 Å². The minimum atomic E-state index is -0.723. The minimum absolute atomic E-state index is 0.00263. The fourth-order valence-corrected chi connectivity index (χ4v) is 4.09. The summed E-state index contributed by atoms with van der Waals surface area (Å²) >= 11 is 0. The first-order valence-electron chi connectivity index (χ1n) is 9.50. The molecule has 2 fully saturated rings. The average molecular weight is 360 g/mol. The monoisotopic (exact) mass is 360 g/mol. The van der Waals surface area contributed by atoms with E-state index in [-0.39, 0.29) is 17.7 Å². The summed E-state index contributed by atoms with van der Waals surface area (Å²) in [5.74, 6) is 0.0910. The van der Waals surface area contributed by atoms with E-state index in [0.717, 1.165) is 37.4 Å². The lowest BCUT2D eigenvalue weighted by Crippen LogP contribution is -2.48. The highest BCUT2D eigenvalue weighted by atomic mass is 16.4. The number of piperidine rings is 1. The molecule has 142 valence electrons. The predicted molar refractivity (Wildman–Crippen MR) is 97.9 cm³/mol. The number of hydrogen-bond acceptors (Lipinski definition) is 5. The van der Waals surface area contributed by atoms with Crippen LogP contribution in [0.4, 0.5) is 5.82 Å². The Labute approximate surface area is 154 Å². The zero-order chi connectivity index (χ0) is 18.7. The van der Waals surface area contributed by atoms with Gasteiger partial charge in [-0.3, -0.25) is 9.59 Å². The Balaban J connectivity index is 1.49. The molecule has 0 atom stereocenters. The smallest absolute Gasteiger partial charge is 0.306 e. The Morgan fingerprint density at radius 2 is 1.65 bits per heavy atom. The molecule has 0 bridgehead atoms. The van der Waals surface area contributed by atoms with E-state index in [0.29, 0.717) is 31.7 Å². The number of rotatable bonds is 4. The van der Waals surface area contributed by atoms with E-state index in [1.807, 2.05) is 31.0 Å². The molecule has 1 aromatic heterocycles. The lowest BCUT2D eigenvalue weighted by Gasteiger charge is -2.39. The Bertz CT molecular complexity index is 633. The number of carbonyl (C=O) groups excluding carboxylic acids is 1. The van der Waals surface area contributed by atoms with Crippen LogP contribution in [0.5, 0.6) is 0 Å². The van der Waals surface area contributed by atoms with Gasteiger partial charge >= 0.3 is 5.97 Å². The summed E-state index contributed by atoms with van der Waals surface area (Å²) in [7, 11) is 2.04. The molecule has 1 aromatic rings. The molecule has 1 amide bonds. The maximum atomic E-state index is 12.8. The summed E-state index contributed by atoms with van der Waals surface area (Å²) in [6.45, 7) is 3.43. The third-order valence-corrected chi connectivity index (χ3v) is 5.89. The van der Waals surface area contributed by atoms with E-state index < -0.39 is 5.97 Å². The van der Waals surface area contributed by atoms with Crippen molar-refractivity contribution in [3.8, 4) is 0 Å². The molecule has 0 unspecified atom stereocenters. The molecule has 26 heavy (non-hydrogen) atoms. The molecule has 1 saturated heterocycles. The topological polar surface area (TPSA) is 86.6 Å². The highest BCUT2D eigenvalue weighted by molar-refractivity contribution is 5.79. The van der Waals surface area contributed by atoms with Crippen molar-refractivity contribution in [1.82, 2.24) is 15.1 Å². The molecule has 3 rings (SSSR count). The van der Waals surface area contributed by atoms with Gasteiger partial charge in [0.05, 0.1) is 11.6 Å². The Morgan fingerprint density at radius 3 is 2.19 bits per heavy atom. The average Bonchev–Trinajstić information content (AvgIpc) is 2.67. The Kier molecular flexibility index (Phi) is 5.74. The van der Waals surface area contributed by atoms with Gasteiger partial charge in [0.1, 0.15) is 0 Å². The number of amides is 1. The molecular formula is C19H28N4O3. The number of carboxylic acids is 1. The molecule has 1 saturated carbocycles. The zero-order valence-corrected chi connectivity index (χ0v) is 15.6. The van der Waals surface area contributed by atoms with Crippen LogP contribution >= 0.6 is 0 Å². The molecule has 2 heterocycles. The number of aromatic nitrogens is 2. The van der Waals surface area contributed by atoms with E-state index in [2.05, 4.69) is 15.1 Å². The van der Waals surface area contributed by atoms with Gasteiger partial charge < -0.3 is 14.9 Å². The van der Waals surface area contributed by atoms with Crippen LogP contribution in [0, 0.1) is 18.8 Å². The van der Waals surface area contributed by atoms with Crippen LogP contribution in [0.2, 0.25) is 0 Å². The van der Waals surface area contributed by atoms with Gasteiger partial charge in [-0.2, -0.15) is 5.10 Å². The van der Waals surface area contributed by atoms with E-state index in [4.69, 9.17) is 5.11 Å². The van der Waals surface area contributed by atoms with Crippen LogP contribution in [-0.4, -0.2) is 58.3 Å². The second-order valence-electron chi connectivity index (χ2n) is 7.59. The summed E-state index contributed by atoms with van der Waals surface area (Å²) in [5.41, 5.74) is 0.903. The molecule has 0 spiro atoms. The lowest BCUT2D eigenvalue weighted by molar-refractivity contribution is -0.146. The van der Waals surface area contributed by atoms with Crippen molar-refractivity contribution in [2.75, 3.05) is 25.0 Å². The first-order valence-corrected chi connectivity index (χ1v) is 9.50. The third kappa shape index (κ3) is 4.14. The number of aryl methyl sites for hydroxylation is 1. The maximum absolute atomic E-state index is 12.8. The second-order valence-corrected chi connectivity index (χ2v) is 7.59. The summed E-state index contributed by atoms with van der Waals surface area (Å²) in [6.07, 6.45) is 4.49. The SMILES string of the molecule is Cc1ccc(N(C)C2CCN(C(=O)C3CCC(C(=O)O)CC3)CC2)nn1. The first kappa shape index (κ1) is 18.6. The molecule has 1 aliphatic carbocycles. The standard InChI is InChI=1S/C19H28N4O3/c1-13-3-8-17(21-20-13)22(2)16-9-11-23(12-10-16)18(24)14-4-6-15(7-5-14)19(25)26/h3,8,14-16H,4-7,9-12H2,1-2H3,(H,25,26). The van der Waals surface area contributed by atoms with Crippen molar-refractivity contribution >= 4 is 17.7 Å². The first-order chi connectivity index (χ1) is 12.5. The van der Waals surface area contributed by atoms with E-state index >= 15 is 0 Å². The van der Waals surface area contributed by atoms with Crippen LogP contribution in [0.15, 0.2) is 12.1 Å². The summed E-state index contributed by atoms with van der Waals surface area (Å²) in [5, 5.41) is 17.5. The molecular weight excluding hydrogens is 332 g/mol. The van der Waals surface area contributed by atoms with Crippen molar-refractivity contribution in [2.45, 2.75) is 51.5 Å². The number of anilines is 1. The van der Waals surface area contributed by atoms with Gasteiger partial charge in [-0.1, -0.05) is 0 Å². The van der Waals surface area contributed by atoms with Crippen LogP contribution in [0.3, 0.4) is 0 Å². The van der Waals surface area contributed by atoms with Gasteiger partial charge in [-0.15, -0.1) is 5.10 Å². The normalized spacial score (nSPS) is 24.3. The fraction of sp³-hybridized carbons (Fsp3) is 0.684. The molecule has 7 heteroatoms. The Hall–Kier alpha value is -2.18. The summed E-state index contributed by atoms with van der Waals surface area (Å²) in [4.78, 5) is 27.9. The van der Waals surface area contributed by atoms with Crippen molar-refractivity contribution < 1.29 is 14.7 Å². The molecule has 0 radical (unpaired) electrons. The van der Waals surface area contributed by atoms with Crippen molar-refractivity contribution in [1.29, 1.82) is 0 Å². The number of aliphatic carboxylic acids is 1. The summed E-state index contributed by atoms with van der Waals surface area (Å²) in [6, 6.07) is 4.31. The van der Waals surface area contributed by atoms with Gasteiger partial charge in [-0.25, -0.2) is 0 Å². The fourth-order valence-electron chi connectivity index (χ4n) is 4.09. The number of nitrogens with zero attached hydrogens (tertiary/aromatic N) is 4. The predicted octanol–water partition coefficient (Wildman–Crippen LogP) is 2.10. The van der Waals surface area contributed by atoms with Crippen molar-refractivity contribution in [2.24, 2.45) is 11.8 Å². The highest BCUT2D eigenvalue weighted by Gasteiger charge is 2.34. The van der Waals surface area contributed by atoms with E-state index in [1.165, 1.54) is 0 Å². The second kappa shape index (κ2) is 8.01. The van der Waals surface area contributed by atoms with Crippen LogP contribution in [-0.2, 0) is 9.59 Å². The molecule has 2 aliphatic rings. The van der Waals surface area contributed by atoms with Crippen LogP contribution < -0.4 is 4.90 Å². The van der Waals surface area contributed by atoms with Gasteiger partial charge in [0.25, 0.3) is 0 Å². The van der Waals surface area contributed by atoms with Gasteiger partial charge in [0, 0.05) is 32.1 Å². The molecule has 0 aromatic carbocycles. The Morgan fingerprint density at radius 1 is 1.04 bits per heavy atom. The third-order valence-electron chi connectivity index (χ3n) is 5.89. The number of hydrogen-bond donors (Lipinski definition) is 1. The number of likely N-dealkylation sites (tertiary alicyclic amines) is 1. The maximum Gasteiger partial charge on any atom is 0.306 e. The number of carboxylic acid groups (broad SMARTS) is 1. The van der Waals surface area contributed by atoms with Gasteiger partial charge in [0.15, 0.2) is 5.82 Å². The number of carbonyl (C=O) groups is 2. The molecule has 7 nitrogen and oxygen atoms in total. The van der Waals surface area contributed by atoms with Crippen molar-refractivity contribution in [3.63, 3.8) is 0 Å². The quantitative estimate of drug-likeness (QED) is 0.885. The lowest BCUT2D eigenvalue weighted by atomic mass is 9.81. The van der Waals surface area contributed by atoms with Crippen LogP contribution in [0.1, 0.15) is 44.2 Å². The minimum Gasteiger partial charge on any atom is -0.481 e. The molecule has 1 N–H and O–H groups in total. The van der Waals surface area contributed by atoms with Gasteiger partial charge in [0.2, 0.25) is 5.91 Å². The summed E-state index contributed by atoms with van der Waals surface area (Å²) < 4.78 is 0.